The molecule has 0 bridgehead atoms. The number of hydrogen-bond donors (Lipinski definition) is 4. The summed E-state index contributed by atoms with van der Waals surface area (Å²) < 4.78 is 16.6. The number of benzene rings is 3. The average Bonchev–Trinajstić information content (AvgIpc) is 2.86. The molecular formula is C27H28N2O7. The molecule has 0 aromatic heterocycles. The molecular weight excluding hydrogens is 464 g/mol. The van der Waals surface area contributed by atoms with Gasteiger partial charge in [-0.25, -0.2) is 0 Å². The number of phenolic OH excluding ortho intramolecular Hbond substituents is 2. The Morgan fingerprint density at radius 3 is 2.67 bits per heavy atom. The third-order valence-electron chi connectivity index (χ3n) is 5.65. The van der Waals surface area contributed by atoms with E-state index in [0.29, 0.717) is 35.6 Å². The van der Waals surface area contributed by atoms with E-state index in [1.807, 2.05) is 24.3 Å². The number of fused-ring (bicyclic) bond motifs is 1. The van der Waals surface area contributed by atoms with Crippen LogP contribution in [-0.4, -0.2) is 41.3 Å². The lowest BCUT2D eigenvalue weighted by molar-refractivity contribution is -0.140. The molecule has 1 aliphatic heterocycles. The Bertz CT molecular complexity index is 1250. The zero-order valence-corrected chi connectivity index (χ0v) is 20.0. The molecule has 1 atom stereocenters. The second-order valence-corrected chi connectivity index (χ2v) is 8.32. The van der Waals surface area contributed by atoms with Crippen molar-refractivity contribution in [1.82, 2.24) is 0 Å². The van der Waals surface area contributed by atoms with Crippen molar-refractivity contribution < 1.29 is 34.0 Å². The maximum absolute atomic E-state index is 12.8. The highest BCUT2D eigenvalue weighted by molar-refractivity contribution is 5.96. The van der Waals surface area contributed by atoms with Gasteiger partial charge in [-0.05, 0) is 62.1 Å². The third kappa shape index (κ3) is 5.80. The Balaban J connectivity index is 1.44. The maximum Gasteiger partial charge on any atom is 0.325 e. The number of esters is 1. The van der Waals surface area contributed by atoms with Crippen molar-refractivity contribution in [2.75, 3.05) is 23.8 Å². The third-order valence-corrected chi connectivity index (χ3v) is 5.65. The number of hydrogen-bond acceptors (Lipinski definition) is 8. The zero-order chi connectivity index (χ0) is 25.7. The first-order valence-corrected chi connectivity index (χ1v) is 11.6. The summed E-state index contributed by atoms with van der Waals surface area (Å²) in [7, 11) is 0. The minimum Gasteiger partial charge on any atom is -0.506 e. The highest BCUT2D eigenvalue weighted by atomic mass is 16.5. The van der Waals surface area contributed by atoms with Crippen molar-refractivity contribution in [3.05, 3.63) is 65.7 Å². The van der Waals surface area contributed by atoms with E-state index >= 15 is 0 Å². The predicted molar refractivity (Wildman–Crippen MR) is 134 cm³/mol. The summed E-state index contributed by atoms with van der Waals surface area (Å²) in [6, 6.07) is 15.1. The van der Waals surface area contributed by atoms with Gasteiger partial charge in [0.25, 0.3) is 5.91 Å². The van der Waals surface area contributed by atoms with Crippen molar-refractivity contribution in [2.24, 2.45) is 0 Å². The van der Waals surface area contributed by atoms with E-state index in [1.165, 1.54) is 24.3 Å². The second kappa shape index (κ2) is 10.9. The molecule has 9 nitrogen and oxygen atoms in total. The SMILES string of the molecule is CCOC(=O)CNc1cc(C)c(Oc2ccc(O)c(NC(=O)C3CCc4ccccc4O3)c2)c(O)c1. The molecule has 9 heteroatoms. The molecule has 0 saturated heterocycles. The van der Waals surface area contributed by atoms with Gasteiger partial charge in [-0.1, -0.05) is 18.2 Å². The molecule has 4 rings (SSSR count). The minimum absolute atomic E-state index is 0.0375. The van der Waals surface area contributed by atoms with Gasteiger partial charge in [0.05, 0.1) is 12.3 Å². The lowest BCUT2D eigenvalue weighted by Crippen LogP contribution is -2.35. The van der Waals surface area contributed by atoms with Gasteiger partial charge in [-0.15, -0.1) is 0 Å². The molecule has 1 heterocycles. The van der Waals surface area contributed by atoms with Gasteiger partial charge in [0.15, 0.2) is 17.6 Å². The zero-order valence-electron chi connectivity index (χ0n) is 20.0. The quantitative estimate of drug-likeness (QED) is 0.267. The van der Waals surface area contributed by atoms with Crippen molar-refractivity contribution >= 4 is 23.3 Å². The molecule has 0 saturated carbocycles. The number of carbonyl (C=O) groups excluding carboxylic acids is 2. The molecule has 1 amide bonds. The Hall–Kier alpha value is -4.40. The molecule has 0 radical (unpaired) electrons. The monoisotopic (exact) mass is 492 g/mol. The Morgan fingerprint density at radius 1 is 1.08 bits per heavy atom. The highest BCUT2D eigenvalue weighted by Gasteiger charge is 2.26. The van der Waals surface area contributed by atoms with Crippen LogP contribution in [0.25, 0.3) is 0 Å². The Labute approximate surface area is 208 Å². The van der Waals surface area contributed by atoms with Crippen molar-refractivity contribution in [3.8, 4) is 28.7 Å². The smallest absolute Gasteiger partial charge is 0.325 e. The predicted octanol–water partition coefficient (Wildman–Crippen LogP) is 4.51. The first-order valence-electron chi connectivity index (χ1n) is 11.6. The number of rotatable bonds is 8. The fourth-order valence-electron chi connectivity index (χ4n) is 3.89. The summed E-state index contributed by atoms with van der Waals surface area (Å²) in [4.78, 5) is 24.4. The normalized spacial score (nSPS) is 14.2. The number of amides is 1. The number of aryl methyl sites for hydroxylation is 2. The summed E-state index contributed by atoms with van der Waals surface area (Å²) in [6.45, 7) is 3.72. The van der Waals surface area contributed by atoms with Crippen LogP contribution in [0.1, 0.15) is 24.5 Å². The van der Waals surface area contributed by atoms with E-state index in [0.717, 1.165) is 5.56 Å². The average molecular weight is 493 g/mol. The first-order chi connectivity index (χ1) is 17.3. The molecule has 1 unspecified atom stereocenters. The van der Waals surface area contributed by atoms with Gasteiger partial charge in [-0.2, -0.15) is 0 Å². The summed E-state index contributed by atoms with van der Waals surface area (Å²) in [6.07, 6.45) is 0.542. The van der Waals surface area contributed by atoms with Gasteiger partial charge in [0, 0.05) is 17.8 Å². The summed E-state index contributed by atoms with van der Waals surface area (Å²) >= 11 is 0. The minimum atomic E-state index is -0.690. The summed E-state index contributed by atoms with van der Waals surface area (Å²) in [5.41, 5.74) is 2.34. The number of ether oxygens (including phenoxy) is 3. The van der Waals surface area contributed by atoms with Crippen LogP contribution in [0.2, 0.25) is 0 Å². The lowest BCUT2D eigenvalue weighted by atomic mass is 10.0. The van der Waals surface area contributed by atoms with Crippen LogP contribution in [-0.2, 0) is 20.7 Å². The van der Waals surface area contributed by atoms with Crippen molar-refractivity contribution in [1.29, 1.82) is 0 Å². The van der Waals surface area contributed by atoms with E-state index < -0.39 is 12.1 Å². The van der Waals surface area contributed by atoms with E-state index in [1.54, 1.807) is 19.9 Å². The van der Waals surface area contributed by atoms with Crippen LogP contribution in [0.15, 0.2) is 54.6 Å². The Kier molecular flexibility index (Phi) is 7.48. The number of carbonyl (C=O) groups is 2. The van der Waals surface area contributed by atoms with Crippen molar-refractivity contribution in [3.63, 3.8) is 0 Å². The summed E-state index contributed by atoms with van der Waals surface area (Å²) in [5.74, 6) is 0.108. The van der Waals surface area contributed by atoms with E-state index in [9.17, 15) is 19.8 Å². The molecule has 36 heavy (non-hydrogen) atoms. The van der Waals surface area contributed by atoms with Gasteiger partial charge >= 0.3 is 5.97 Å². The highest BCUT2D eigenvalue weighted by Crippen LogP contribution is 2.39. The number of para-hydroxylation sites is 1. The number of nitrogens with one attached hydrogen (secondary N) is 2. The van der Waals surface area contributed by atoms with E-state index in [4.69, 9.17) is 14.2 Å². The fraction of sp³-hybridized carbons (Fsp3) is 0.259. The molecule has 3 aromatic rings. The first kappa shape index (κ1) is 24.7. The van der Waals surface area contributed by atoms with Gasteiger partial charge in [-0.3, -0.25) is 9.59 Å². The second-order valence-electron chi connectivity index (χ2n) is 8.32. The molecule has 3 aromatic carbocycles. The van der Waals surface area contributed by atoms with Gasteiger partial charge in [0.2, 0.25) is 0 Å². The standard InChI is InChI=1S/C27H28N2O7/c1-3-34-25(32)15-28-18-12-16(2)26(22(31)13-18)35-19-9-10-21(30)20(14-19)29-27(33)24-11-8-17-6-4-5-7-23(17)36-24/h4-7,9-10,12-14,24,28,30-31H,3,8,11,15H2,1-2H3,(H,29,33). The summed E-state index contributed by atoms with van der Waals surface area (Å²) in [5, 5.41) is 26.4. The molecule has 0 spiro atoms. The van der Waals surface area contributed by atoms with E-state index in [-0.39, 0.29) is 42.0 Å². The Morgan fingerprint density at radius 2 is 1.89 bits per heavy atom. The van der Waals surface area contributed by atoms with Gasteiger partial charge in [0.1, 0.15) is 23.8 Å². The van der Waals surface area contributed by atoms with Crippen LogP contribution in [0.4, 0.5) is 11.4 Å². The van der Waals surface area contributed by atoms with Crippen LogP contribution in [0.5, 0.6) is 28.7 Å². The van der Waals surface area contributed by atoms with E-state index in [2.05, 4.69) is 10.6 Å². The lowest BCUT2D eigenvalue weighted by Gasteiger charge is -2.25. The van der Waals surface area contributed by atoms with Gasteiger partial charge < -0.3 is 35.1 Å². The molecule has 0 fully saturated rings. The molecule has 188 valence electrons. The van der Waals surface area contributed by atoms with Crippen LogP contribution < -0.4 is 20.1 Å². The number of phenols is 2. The van der Waals surface area contributed by atoms with Crippen LogP contribution in [0.3, 0.4) is 0 Å². The van der Waals surface area contributed by atoms with Crippen molar-refractivity contribution in [2.45, 2.75) is 32.8 Å². The molecule has 1 aliphatic rings. The molecule has 0 aliphatic carbocycles. The topological polar surface area (TPSA) is 126 Å². The largest absolute Gasteiger partial charge is 0.506 e. The number of aromatic hydroxyl groups is 2. The van der Waals surface area contributed by atoms with Crippen LogP contribution in [0, 0.1) is 6.92 Å². The fourth-order valence-corrected chi connectivity index (χ4v) is 3.89. The maximum atomic E-state index is 12.8. The van der Waals surface area contributed by atoms with Crippen LogP contribution >= 0.6 is 0 Å². The number of anilines is 2. The molecule has 4 N–H and O–H groups in total.